The van der Waals surface area contributed by atoms with E-state index in [0.29, 0.717) is 44.6 Å². The number of piperidine rings is 1. The average molecular weight is 519 g/mol. The molecule has 0 unspecified atom stereocenters. The highest BCUT2D eigenvalue weighted by Gasteiger charge is 2.34. The van der Waals surface area contributed by atoms with E-state index in [0.717, 1.165) is 38.3 Å². The maximum absolute atomic E-state index is 12.9. The van der Waals surface area contributed by atoms with Crippen LogP contribution < -0.4 is 10.5 Å². The second-order valence-electron chi connectivity index (χ2n) is 10.1. The molecule has 2 fully saturated rings. The summed E-state index contributed by atoms with van der Waals surface area (Å²) in [5, 5.41) is 11.2. The molecule has 4 rings (SSSR count). The molecular weight excluding hydrogens is 480 g/mol. The van der Waals surface area contributed by atoms with E-state index in [4.69, 9.17) is 0 Å². The molecule has 202 valence electrons. The third-order valence-electron chi connectivity index (χ3n) is 7.42. The molecule has 2 aliphatic rings. The molecule has 0 atom stereocenters. The minimum absolute atomic E-state index is 0.0626. The summed E-state index contributed by atoms with van der Waals surface area (Å²) < 4.78 is 1.48. The highest BCUT2D eigenvalue weighted by Crippen LogP contribution is 2.25. The molecule has 0 spiro atoms. The van der Waals surface area contributed by atoms with Gasteiger partial charge in [0.1, 0.15) is 5.82 Å². The lowest BCUT2D eigenvalue weighted by Gasteiger charge is -2.38. The second kappa shape index (κ2) is 12.8. The number of carbonyl (C=O) groups is 1. The van der Waals surface area contributed by atoms with Gasteiger partial charge in [-0.25, -0.2) is 4.98 Å². The van der Waals surface area contributed by atoms with E-state index in [-0.39, 0.29) is 18.0 Å². The molecule has 1 amide bonds. The Morgan fingerprint density at radius 3 is 2.50 bits per heavy atom. The zero-order valence-corrected chi connectivity index (χ0v) is 22.0. The van der Waals surface area contributed by atoms with Gasteiger partial charge in [-0.2, -0.15) is 0 Å². The predicted molar refractivity (Wildman–Crippen MR) is 149 cm³/mol. The summed E-state index contributed by atoms with van der Waals surface area (Å²) in [4.78, 5) is 40.5. The normalized spacial score (nSPS) is 18.3. The van der Waals surface area contributed by atoms with Gasteiger partial charge in [0, 0.05) is 70.7 Å². The average Bonchev–Trinajstić information content (AvgIpc) is 2.93. The van der Waals surface area contributed by atoms with Gasteiger partial charge in [-0.3, -0.25) is 24.0 Å². The summed E-state index contributed by atoms with van der Waals surface area (Å²) in [5.74, 6) is 0.733. The standard InChI is InChI=1S/C29H38N6O3/c1-3-6-24(4-2)8-9-27(36)34-13-10-29(38,11-14-34)22-35-23-31-26(19-28(35)37)33-17-15-32(16-18-33)21-25-7-5-12-30-20-25/h3-7,12,19-20,23,38H,1-2,8-11,13-18,21-22H2/b24-6+. The van der Waals surface area contributed by atoms with E-state index in [9.17, 15) is 14.7 Å². The van der Waals surface area contributed by atoms with Crippen molar-refractivity contribution >= 4 is 11.7 Å². The summed E-state index contributed by atoms with van der Waals surface area (Å²) >= 11 is 0. The number of hydrogen-bond acceptors (Lipinski definition) is 7. The fourth-order valence-corrected chi connectivity index (χ4v) is 5.05. The number of aliphatic hydroxyl groups is 1. The topological polar surface area (TPSA) is 94.8 Å². The Morgan fingerprint density at radius 1 is 1.11 bits per heavy atom. The number of rotatable bonds is 10. The number of likely N-dealkylation sites (tertiary alicyclic amines) is 1. The maximum atomic E-state index is 12.9. The molecular formula is C29H38N6O3. The van der Waals surface area contributed by atoms with Crippen molar-refractivity contribution in [3.8, 4) is 0 Å². The van der Waals surface area contributed by atoms with Gasteiger partial charge in [0.05, 0.1) is 18.5 Å². The van der Waals surface area contributed by atoms with Crippen molar-refractivity contribution in [2.24, 2.45) is 0 Å². The van der Waals surface area contributed by atoms with Crippen LogP contribution in [-0.4, -0.2) is 80.2 Å². The largest absolute Gasteiger partial charge is 0.388 e. The maximum Gasteiger partial charge on any atom is 0.255 e. The Balaban J connectivity index is 1.26. The van der Waals surface area contributed by atoms with Crippen molar-refractivity contribution < 1.29 is 9.90 Å². The van der Waals surface area contributed by atoms with E-state index >= 15 is 0 Å². The highest BCUT2D eigenvalue weighted by molar-refractivity contribution is 5.76. The number of amides is 1. The van der Waals surface area contributed by atoms with Crippen molar-refractivity contribution in [2.75, 3.05) is 44.2 Å². The Morgan fingerprint density at radius 2 is 1.87 bits per heavy atom. The van der Waals surface area contributed by atoms with Gasteiger partial charge in [0.15, 0.2) is 0 Å². The van der Waals surface area contributed by atoms with Crippen molar-refractivity contribution in [3.05, 3.63) is 89.8 Å². The first-order valence-electron chi connectivity index (χ1n) is 13.3. The Labute approximate surface area is 224 Å². The molecule has 9 heteroatoms. The lowest BCUT2D eigenvalue weighted by Crippen LogP contribution is -2.50. The van der Waals surface area contributed by atoms with Gasteiger partial charge in [-0.05, 0) is 36.5 Å². The van der Waals surface area contributed by atoms with Crippen LogP contribution in [0.15, 0.2) is 78.7 Å². The molecule has 0 aliphatic carbocycles. The number of nitrogens with zero attached hydrogens (tertiary/aromatic N) is 6. The summed E-state index contributed by atoms with van der Waals surface area (Å²) in [7, 11) is 0. The zero-order valence-electron chi connectivity index (χ0n) is 22.0. The molecule has 2 aromatic heterocycles. The number of hydrogen-bond donors (Lipinski definition) is 1. The molecule has 0 radical (unpaired) electrons. The Bertz CT molecular complexity index is 1190. The monoisotopic (exact) mass is 518 g/mol. The van der Waals surface area contributed by atoms with E-state index in [2.05, 4.69) is 39.0 Å². The quantitative estimate of drug-likeness (QED) is 0.483. The fourth-order valence-electron chi connectivity index (χ4n) is 5.05. The van der Waals surface area contributed by atoms with Gasteiger partial charge >= 0.3 is 0 Å². The van der Waals surface area contributed by atoms with E-state index < -0.39 is 5.60 Å². The SMILES string of the molecule is C=C/C=C(\C=C)CCC(=O)N1CCC(O)(Cn2cnc(N3CCN(Cc4cccnc4)CC3)cc2=O)CC1. The number of pyridine rings is 1. The molecule has 2 aliphatic heterocycles. The summed E-state index contributed by atoms with van der Waals surface area (Å²) in [5.41, 5.74) is 0.948. The van der Waals surface area contributed by atoms with E-state index in [1.165, 1.54) is 16.5 Å². The van der Waals surface area contributed by atoms with Crippen LogP contribution in [0.25, 0.3) is 0 Å². The van der Waals surface area contributed by atoms with Crippen LogP contribution in [0.4, 0.5) is 5.82 Å². The van der Waals surface area contributed by atoms with Crippen LogP contribution in [0.2, 0.25) is 0 Å². The van der Waals surface area contributed by atoms with Crippen LogP contribution in [0.3, 0.4) is 0 Å². The van der Waals surface area contributed by atoms with Crippen LogP contribution in [-0.2, 0) is 17.9 Å². The number of allylic oxidation sites excluding steroid dienone is 4. The van der Waals surface area contributed by atoms with Gasteiger partial charge in [-0.15, -0.1) is 0 Å². The van der Waals surface area contributed by atoms with Crippen molar-refractivity contribution in [1.82, 2.24) is 24.3 Å². The molecule has 38 heavy (non-hydrogen) atoms. The minimum atomic E-state index is -1.04. The summed E-state index contributed by atoms with van der Waals surface area (Å²) in [6, 6.07) is 5.60. The molecule has 2 saturated heterocycles. The van der Waals surface area contributed by atoms with Gasteiger partial charge in [0.2, 0.25) is 5.91 Å². The highest BCUT2D eigenvalue weighted by atomic mass is 16.3. The smallest absolute Gasteiger partial charge is 0.255 e. The number of piperazine rings is 1. The second-order valence-corrected chi connectivity index (χ2v) is 10.1. The van der Waals surface area contributed by atoms with Crippen LogP contribution >= 0.6 is 0 Å². The molecule has 9 nitrogen and oxygen atoms in total. The molecule has 4 heterocycles. The van der Waals surface area contributed by atoms with Crippen molar-refractivity contribution in [1.29, 1.82) is 0 Å². The summed E-state index contributed by atoms with van der Waals surface area (Å²) in [6.07, 6.45) is 12.4. The Kier molecular flexibility index (Phi) is 9.25. The van der Waals surface area contributed by atoms with Crippen LogP contribution in [0, 0.1) is 0 Å². The molecule has 2 aromatic rings. The molecule has 0 bridgehead atoms. The minimum Gasteiger partial charge on any atom is -0.388 e. The summed E-state index contributed by atoms with van der Waals surface area (Å²) in [6.45, 7) is 12.8. The lowest BCUT2D eigenvalue weighted by molar-refractivity contribution is -0.135. The van der Waals surface area contributed by atoms with Gasteiger partial charge in [0.25, 0.3) is 5.56 Å². The third kappa shape index (κ3) is 7.26. The molecule has 0 saturated carbocycles. The number of aromatic nitrogens is 3. The molecule has 0 aromatic carbocycles. The van der Waals surface area contributed by atoms with E-state index in [1.807, 2.05) is 18.3 Å². The van der Waals surface area contributed by atoms with E-state index in [1.54, 1.807) is 29.3 Å². The van der Waals surface area contributed by atoms with Crippen LogP contribution in [0.5, 0.6) is 0 Å². The zero-order chi connectivity index (χ0) is 27.0. The number of carbonyl (C=O) groups excluding carboxylic acids is 1. The Hall–Kier alpha value is -3.56. The lowest BCUT2D eigenvalue weighted by atomic mass is 9.91. The first kappa shape index (κ1) is 27.5. The predicted octanol–water partition coefficient (Wildman–Crippen LogP) is 2.39. The first-order chi connectivity index (χ1) is 18.4. The number of anilines is 1. The first-order valence-corrected chi connectivity index (χ1v) is 13.3. The van der Waals surface area contributed by atoms with Crippen molar-refractivity contribution in [3.63, 3.8) is 0 Å². The van der Waals surface area contributed by atoms with Crippen molar-refractivity contribution in [2.45, 2.75) is 44.4 Å². The van der Waals surface area contributed by atoms with Gasteiger partial charge < -0.3 is 14.9 Å². The van der Waals surface area contributed by atoms with Gasteiger partial charge in [-0.1, -0.05) is 37.5 Å². The van der Waals surface area contributed by atoms with Crippen LogP contribution in [0.1, 0.15) is 31.2 Å². The molecule has 1 N–H and O–H groups in total. The fraction of sp³-hybridized carbons (Fsp3) is 0.448. The third-order valence-corrected chi connectivity index (χ3v) is 7.42.